The molecule has 110 valence electrons. The maximum atomic E-state index is 13.3. The molecule has 0 saturated carbocycles. The first-order chi connectivity index (χ1) is 10.1. The van der Waals surface area contributed by atoms with E-state index in [-0.39, 0.29) is 10.9 Å². The van der Waals surface area contributed by atoms with E-state index < -0.39 is 5.82 Å². The Morgan fingerprint density at radius 2 is 1.95 bits per heavy atom. The van der Waals surface area contributed by atoms with E-state index in [0.29, 0.717) is 13.0 Å². The fourth-order valence-electron chi connectivity index (χ4n) is 1.81. The van der Waals surface area contributed by atoms with Crippen molar-refractivity contribution in [2.75, 3.05) is 10.6 Å². The number of carbonyl (C=O) groups excluding carboxylic acids is 1. The Bertz CT molecular complexity index is 646. The number of nitrogens with one attached hydrogen (secondary N) is 2. The molecule has 2 rings (SSSR count). The first-order valence-electron chi connectivity index (χ1n) is 6.66. The van der Waals surface area contributed by atoms with Gasteiger partial charge in [0.25, 0.3) is 0 Å². The van der Waals surface area contributed by atoms with Gasteiger partial charge in [0.2, 0.25) is 5.91 Å². The smallest absolute Gasteiger partial charge is 0.224 e. The topological polar surface area (TPSA) is 41.1 Å². The quantitative estimate of drug-likeness (QED) is 0.857. The van der Waals surface area contributed by atoms with Gasteiger partial charge in [-0.05, 0) is 35.9 Å². The lowest BCUT2D eigenvalue weighted by Gasteiger charge is -2.09. The highest BCUT2D eigenvalue weighted by molar-refractivity contribution is 6.30. The number of halogens is 2. The third-order valence-electron chi connectivity index (χ3n) is 2.95. The maximum absolute atomic E-state index is 13.3. The number of benzene rings is 2. The average Bonchev–Trinajstić information content (AvgIpc) is 2.49. The molecule has 0 unspecified atom stereocenters. The normalized spacial score (nSPS) is 10.2. The van der Waals surface area contributed by atoms with Crippen LogP contribution in [0.4, 0.5) is 15.8 Å². The van der Waals surface area contributed by atoms with Gasteiger partial charge in [-0.15, -0.1) is 0 Å². The molecule has 0 heterocycles. The van der Waals surface area contributed by atoms with Gasteiger partial charge in [-0.3, -0.25) is 4.79 Å². The molecular formula is C16H16ClFN2O. The van der Waals surface area contributed by atoms with E-state index >= 15 is 0 Å². The molecular weight excluding hydrogens is 291 g/mol. The molecule has 0 aliphatic carbocycles. The zero-order valence-corrected chi connectivity index (χ0v) is 12.4. The molecule has 2 aromatic carbocycles. The van der Waals surface area contributed by atoms with Gasteiger partial charge in [-0.1, -0.05) is 30.7 Å². The highest BCUT2D eigenvalue weighted by Gasteiger charge is 2.02. The lowest BCUT2D eigenvalue weighted by molar-refractivity contribution is -0.115. The second-order valence-electron chi connectivity index (χ2n) is 4.58. The highest BCUT2D eigenvalue weighted by atomic mass is 35.5. The van der Waals surface area contributed by atoms with Crippen molar-refractivity contribution >= 4 is 28.9 Å². The molecule has 0 aliphatic rings. The van der Waals surface area contributed by atoms with Gasteiger partial charge in [-0.2, -0.15) is 0 Å². The zero-order chi connectivity index (χ0) is 15.2. The van der Waals surface area contributed by atoms with E-state index in [0.717, 1.165) is 16.9 Å². The van der Waals surface area contributed by atoms with E-state index in [2.05, 4.69) is 10.6 Å². The van der Waals surface area contributed by atoms with Crippen molar-refractivity contribution in [1.29, 1.82) is 0 Å². The van der Waals surface area contributed by atoms with Gasteiger partial charge in [0.05, 0.1) is 5.02 Å². The molecule has 2 aromatic rings. The summed E-state index contributed by atoms with van der Waals surface area (Å²) in [6.45, 7) is 2.27. The number of hydrogen-bond donors (Lipinski definition) is 2. The summed E-state index contributed by atoms with van der Waals surface area (Å²) in [6, 6.07) is 12.1. The molecule has 2 N–H and O–H groups in total. The minimum absolute atomic E-state index is 0.0353. The van der Waals surface area contributed by atoms with Crippen LogP contribution in [0.2, 0.25) is 5.02 Å². The zero-order valence-electron chi connectivity index (χ0n) is 11.6. The van der Waals surface area contributed by atoms with Crippen LogP contribution in [0.15, 0.2) is 42.5 Å². The van der Waals surface area contributed by atoms with Gasteiger partial charge in [0.1, 0.15) is 5.82 Å². The first-order valence-corrected chi connectivity index (χ1v) is 7.04. The van der Waals surface area contributed by atoms with Crippen molar-refractivity contribution in [2.24, 2.45) is 0 Å². The van der Waals surface area contributed by atoms with E-state index in [9.17, 15) is 9.18 Å². The minimum Gasteiger partial charge on any atom is -0.381 e. The second-order valence-corrected chi connectivity index (χ2v) is 4.99. The summed E-state index contributed by atoms with van der Waals surface area (Å²) in [4.78, 5) is 11.4. The van der Waals surface area contributed by atoms with E-state index in [4.69, 9.17) is 11.6 Å². The highest BCUT2D eigenvalue weighted by Crippen LogP contribution is 2.18. The average molecular weight is 307 g/mol. The predicted octanol–water partition coefficient (Wildman–Crippen LogP) is 4.44. The molecule has 0 aliphatic heterocycles. The Labute approximate surface area is 128 Å². The summed E-state index contributed by atoms with van der Waals surface area (Å²) < 4.78 is 13.3. The lowest BCUT2D eigenvalue weighted by Crippen LogP contribution is -2.09. The third-order valence-corrected chi connectivity index (χ3v) is 3.25. The van der Waals surface area contributed by atoms with Gasteiger partial charge in [0, 0.05) is 24.3 Å². The van der Waals surface area contributed by atoms with Crippen LogP contribution in [0.25, 0.3) is 0 Å². The van der Waals surface area contributed by atoms with Crippen molar-refractivity contribution in [3.05, 3.63) is 58.9 Å². The summed E-state index contributed by atoms with van der Waals surface area (Å²) in [5, 5.41) is 6.08. The van der Waals surface area contributed by atoms with E-state index in [1.807, 2.05) is 24.3 Å². The summed E-state index contributed by atoms with van der Waals surface area (Å²) >= 11 is 5.65. The van der Waals surface area contributed by atoms with Crippen LogP contribution in [-0.2, 0) is 11.3 Å². The summed E-state index contributed by atoms with van der Waals surface area (Å²) in [7, 11) is 0. The van der Waals surface area contributed by atoms with Crippen LogP contribution in [-0.4, -0.2) is 5.91 Å². The number of amides is 1. The van der Waals surface area contributed by atoms with Gasteiger partial charge >= 0.3 is 0 Å². The summed E-state index contributed by atoms with van der Waals surface area (Å²) in [5.74, 6) is -0.466. The van der Waals surface area contributed by atoms with Crippen molar-refractivity contribution in [3.63, 3.8) is 0 Å². The molecule has 0 spiro atoms. The van der Waals surface area contributed by atoms with Crippen LogP contribution >= 0.6 is 11.6 Å². The standard InChI is InChI=1S/C16H16ClFN2O/c1-2-16(21)20-13-5-3-4-12(9-13)19-10-11-6-7-14(17)15(18)8-11/h3-9,19H,2,10H2,1H3,(H,20,21). The lowest BCUT2D eigenvalue weighted by atomic mass is 10.2. The fourth-order valence-corrected chi connectivity index (χ4v) is 1.93. The van der Waals surface area contributed by atoms with E-state index in [1.54, 1.807) is 13.0 Å². The van der Waals surface area contributed by atoms with Crippen LogP contribution < -0.4 is 10.6 Å². The van der Waals surface area contributed by atoms with Crippen LogP contribution in [0.3, 0.4) is 0 Å². The molecule has 21 heavy (non-hydrogen) atoms. The first kappa shape index (κ1) is 15.3. The third kappa shape index (κ3) is 4.46. The Morgan fingerprint density at radius 1 is 1.19 bits per heavy atom. The molecule has 0 atom stereocenters. The largest absolute Gasteiger partial charge is 0.381 e. The van der Waals surface area contributed by atoms with Crippen LogP contribution in [0.1, 0.15) is 18.9 Å². The number of hydrogen-bond acceptors (Lipinski definition) is 2. The predicted molar refractivity (Wildman–Crippen MR) is 84.1 cm³/mol. The fraction of sp³-hybridized carbons (Fsp3) is 0.188. The van der Waals surface area contributed by atoms with Gasteiger partial charge < -0.3 is 10.6 Å². The Balaban J connectivity index is 2.01. The van der Waals surface area contributed by atoms with Crippen LogP contribution in [0, 0.1) is 5.82 Å². The summed E-state index contributed by atoms with van der Waals surface area (Å²) in [5.41, 5.74) is 2.37. The monoisotopic (exact) mass is 306 g/mol. The van der Waals surface area contributed by atoms with Gasteiger partial charge in [0.15, 0.2) is 0 Å². The number of anilines is 2. The molecule has 0 saturated heterocycles. The SMILES string of the molecule is CCC(=O)Nc1cccc(NCc2ccc(Cl)c(F)c2)c1. The van der Waals surface area contributed by atoms with E-state index in [1.165, 1.54) is 12.1 Å². The maximum Gasteiger partial charge on any atom is 0.224 e. The minimum atomic E-state index is -0.431. The Kier molecular flexibility index (Phi) is 5.17. The number of carbonyl (C=O) groups is 1. The second kappa shape index (κ2) is 7.09. The number of rotatable bonds is 5. The molecule has 0 aromatic heterocycles. The molecule has 0 fully saturated rings. The van der Waals surface area contributed by atoms with Crippen LogP contribution in [0.5, 0.6) is 0 Å². The van der Waals surface area contributed by atoms with Crippen molar-refractivity contribution in [1.82, 2.24) is 0 Å². The molecule has 1 amide bonds. The molecule has 0 bridgehead atoms. The van der Waals surface area contributed by atoms with Gasteiger partial charge in [-0.25, -0.2) is 4.39 Å². The van der Waals surface area contributed by atoms with Crippen molar-refractivity contribution in [2.45, 2.75) is 19.9 Å². The Morgan fingerprint density at radius 3 is 2.67 bits per heavy atom. The van der Waals surface area contributed by atoms with Crippen molar-refractivity contribution < 1.29 is 9.18 Å². The van der Waals surface area contributed by atoms with Crippen molar-refractivity contribution in [3.8, 4) is 0 Å². The summed E-state index contributed by atoms with van der Waals surface area (Å²) in [6.07, 6.45) is 0.432. The molecule has 5 heteroatoms. The molecule has 0 radical (unpaired) electrons. The molecule has 3 nitrogen and oxygen atoms in total. The Hall–Kier alpha value is -2.07.